The molecular weight excluding hydrogens is 706 g/mol. The molecule has 0 spiro atoms. The quantitative estimate of drug-likeness (QED) is 0.129. The fraction of sp³-hybridized carbons (Fsp3) is 0.550. The lowest BCUT2D eigenvalue weighted by Gasteiger charge is -2.40. The molecule has 6 N–H and O–H groups in total. The summed E-state index contributed by atoms with van der Waals surface area (Å²) in [6.45, 7) is 7.28. The van der Waals surface area contributed by atoms with Crippen LogP contribution in [0.2, 0.25) is 0 Å². The van der Waals surface area contributed by atoms with Gasteiger partial charge < -0.3 is 31.4 Å². The number of H-pyrrole nitrogens is 1. The van der Waals surface area contributed by atoms with Crippen LogP contribution in [0.4, 0.5) is 17.6 Å². The first kappa shape index (κ1) is 40.7. The van der Waals surface area contributed by atoms with E-state index < -0.39 is 70.8 Å². The zero-order chi connectivity index (χ0) is 39.4. The van der Waals surface area contributed by atoms with Crippen molar-refractivity contribution in [2.75, 3.05) is 0 Å². The van der Waals surface area contributed by atoms with Crippen molar-refractivity contribution in [2.24, 2.45) is 11.8 Å². The second kappa shape index (κ2) is 16.9. The summed E-state index contributed by atoms with van der Waals surface area (Å²) in [5.74, 6) is -3.71. The third kappa shape index (κ3) is 9.07. The standard InChI is InChI=1S/C40H51F4N5O5/c1-5-22(3)33(36(52)45-25-14-16-26(50)17-15-25)48-38(54)39(19-18-31-28(21-39)27-11-9-12-29(35(27)46-31)40(42,43)44)49-37(53)34(23(4)6-2)47-32(51)20-24-10-7-8-13-30(24)41/h7-13,22-23,25-26,33-34,46,50H,5-6,14-21H2,1-4H3,(H,45,52)(H,47,51)(H,48,54)(H,49,53)/t22?,23?,25?,26?,33-,34-,39+/m0/s1. The molecule has 1 heterocycles. The molecule has 0 radical (unpaired) electrons. The molecule has 1 saturated carbocycles. The summed E-state index contributed by atoms with van der Waals surface area (Å²) < 4.78 is 56.6. The molecule has 3 aromatic rings. The Kier molecular flexibility index (Phi) is 12.8. The van der Waals surface area contributed by atoms with Crippen LogP contribution >= 0.6 is 0 Å². The zero-order valence-electron chi connectivity index (χ0n) is 31.2. The molecule has 0 bridgehead atoms. The number of aryl methyl sites for hydroxylation is 1. The van der Waals surface area contributed by atoms with Crippen molar-refractivity contribution >= 4 is 34.5 Å². The first-order chi connectivity index (χ1) is 25.6. The number of aromatic nitrogens is 1. The highest BCUT2D eigenvalue weighted by Gasteiger charge is 2.47. The van der Waals surface area contributed by atoms with E-state index in [0.717, 1.165) is 6.07 Å². The van der Waals surface area contributed by atoms with Crippen molar-refractivity contribution in [1.29, 1.82) is 0 Å². The first-order valence-corrected chi connectivity index (χ1v) is 18.9. The fourth-order valence-corrected chi connectivity index (χ4v) is 7.61. The van der Waals surface area contributed by atoms with E-state index in [1.807, 2.05) is 20.8 Å². The lowest BCUT2D eigenvalue weighted by atomic mass is 9.78. The normalized spacial score (nSPS) is 22.3. The Bertz CT molecular complexity index is 1840. The van der Waals surface area contributed by atoms with Gasteiger partial charge in [-0.05, 0) is 73.6 Å². The van der Waals surface area contributed by atoms with Crippen LogP contribution in [-0.4, -0.2) is 63.5 Å². The molecule has 1 aromatic heterocycles. The Morgan fingerprint density at radius 3 is 2.19 bits per heavy atom. The summed E-state index contributed by atoms with van der Waals surface area (Å²) in [6, 6.07) is 7.28. The summed E-state index contributed by atoms with van der Waals surface area (Å²) in [7, 11) is 0. The van der Waals surface area contributed by atoms with Crippen LogP contribution in [0.1, 0.15) is 95.0 Å². The lowest BCUT2D eigenvalue weighted by molar-refractivity contribution is -0.139. The minimum absolute atomic E-state index is 0.0164. The second-order valence-electron chi connectivity index (χ2n) is 15.1. The minimum Gasteiger partial charge on any atom is -0.393 e. The van der Waals surface area contributed by atoms with Gasteiger partial charge in [0.25, 0.3) is 0 Å². The van der Waals surface area contributed by atoms with Crippen molar-refractivity contribution in [1.82, 2.24) is 26.3 Å². The molecule has 2 unspecified atom stereocenters. The van der Waals surface area contributed by atoms with Gasteiger partial charge in [0, 0.05) is 23.5 Å². The number of aliphatic hydroxyl groups excluding tert-OH is 1. The van der Waals surface area contributed by atoms with Gasteiger partial charge in [0.1, 0.15) is 23.4 Å². The number of alkyl halides is 3. The number of nitrogens with one attached hydrogen (secondary N) is 5. The maximum Gasteiger partial charge on any atom is 0.418 e. The minimum atomic E-state index is -4.65. The molecule has 294 valence electrons. The van der Waals surface area contributed by atoms with Crippen LogP contribution in [0, 0.1) is 17.7 Å². The van der Waals surface area contributed by atoms with E-state index in [-0.39, 0.29) is 54.1 Å². The molecule has 2 aromatic carbocycles. The first-order valence-electron chi connectivity index (χ1n) is 18.9. The number of amides is 4. The number of halogens is 4. The molecule has 2 aliphatic rings. The van der Waals surface area contributed by atoms with Crippen molar-refractivity contribution in [3.05, 3.63) is 70.7 Å². The van der Waals surface area contributed by atoms with Crippen molar-refractivity contribution < 1.29 is 41.8 Å². The van der Waals surface area contributed by atoms with Gasteiger partial charge in [-0.15, -0.1) is 0 Å². The van der Waals surface area contributed by atoms with Crippen LogP contribution in [-0.2, 0) is 44.6 Å². The summed E-state index contributed by atoms with van der Waals surface area (Å²) in [5.41, 5.74) is -1.61. The van der Waals surface area contributed by atoms with Crippen molar-refractivity contribution in [3.63, 3.8) is 0 Å². The van der Waals surface area contributed by atoms with Crippen molar-refractivity contribution in [2.45, 2.75) is 128 Å². The third-order valence-electron chi connectivity index (χ3n) is 11.4. The summed E-state index contributed by atoms with van der Waals surface area (Å²) in [6.07, 6.45) is -2.28. The molecule has 10 nitrogen and oxygen atoms in total. The number of aliphatic hydroxyl groups is 1. The zero-order valence-corrected chi connectivity index (χ0v) is 31.2. The average molecular weight is 758 g/mol. The van der Waals surface area contributed by atoms with Crippen molar-refractivity contribution in [3.8, 4) is 0 Å². The molecular formula is C40H51F4N5O5. The molecule has 5 atom stereocenters. The van der Waals surface area contributed by atoms with E-state index >= 15 is 0 Å². The second-order valence-corrected chi connectivity index (χ2v) is 15.1. The Balaban J connectivity index is 1.49. The van der Waals surface area contributed by atoms with E-state index in [2.05, 4.69) is 26.3 Å². The van der Waals surface area contributed by atoms with E-state index in [0.29, 0.717) is 49.8 Å². The molecule has 2 aliphatic carbocycles. The van der Waals surface area contributed by atoms with Gasteiger partial charge in [0.2, 0.25) is 23.6 Å². The number of para-hydroxylation sites is 1. The van der Waals surface area contributed by atoms with Crippen LogP contribution in [0.5, 0.6) is 0 Å². The number of aromatic amines is 1. The maximum absolute atomic E-state index is 14.7. The Hall–Kier alpha value is -4.46. The molecule has 1 fully saturated rings. The van der Waals surface area contributed by atoms with Crippen LogP contribution in [0.3, 0.4) is 0 Å². The number of benzene rings is 2. The highest BCUT2D eigenvalue weighted by Crippen LogP contribution is 2.40. The summed E-state index contributed by atoms with van der Waals surface area (Å²) in [5, 5.41) is 21.8. The number of rotatable bonds is 13. The molecule has 0 saturated heterocycles. The molecule has 4 amide bonds. The van der Waals surface area contributed by atoms with Crippen LogP contribution in [0.15, 0.2) is 42.5 Å². The lowest BCUT2D eigenvalue weighted by Crippen LogP contribution is -2.67. The third-order valence-corrected chi connectivity index (χ3v) is 11.4. The number of hydrogen-bond acceptors (Lipinski definition) is 5. The number of carbonyl (C=O) groups excluding carboxylic acids is 4. The average Bonchev–Trinajstić information content (AvgIpc) is 3.51. The van der Waals surface area contributed by atoms with Gasteiger partial charge in [0.05, 0.1) is 23.6 Å². The molecule has 5 rings (SSSR count). The van der Waals surface area contributed by atoms with Gasteiger partial charge in [0.15, 0.2) is 0 Å². The SMILES string of the molecule is CCC(C)[C@H](NC(=O)Cc1ccccc1F)C(=O)N[C@]1(C(=O)N[C@H](C(=O)NC2CCC(O)CC2)C(C)CC)CCc2[nH]c3c(C(F)(F)F)cccc3c2C1. The van der Waals surface area contributed by atoms with Gasteiger partial charge in [-0.3, -0.25) is 19.2 Å². The van der Waals surface area contributed by atoms with Gasteiger partial charge >= 0.3 is 6.18 Å². The summed E-state index contributed by atoms with van der Waals surface area (Å²) in [4.78, 5) is 59.0. The predicted octanol–water partition coefficient (Wildman–Crippen LogP) is 5.39. The highest BCUT2D eigenvalue weighted by atomic mass is 19.4. The van der Waals surface area contributed by atoms with Gasteiger partial charge in [-0.2, -0.15) is 13.2 Å². The molecule has 0 aliphatic heterocycles. The molecule has 54 heavy (non-hydrogen) atoms. The topological polar surface area (TPSA) is 152 Å². The van der Waals surface area contributed by atoms with Gasteiger partial charge in [-0.1, -0.05) is 70.9 Å². The van der Waals surface area contributed by atoms with E-state index in [9.17, 15) is 41.8 Å². The van der Waals surface area contributed by atoms with E-state index in [1.165, 1.54) is 30.3 Å². The molecule has 14 heteroatoms. The Morgan fingerprint density at radius 2 is 1.56 bits per heavy atom. The Morgan fingerprint density at radius 1 is 0.907 bits per heavy atom. The van der Waals surface area contributed by atoms with Gasteiger partial charge in [-0.25, -0.2) is 4.39 Å². The van der Waals surface area contributed by atoms with Crippen LogP contribution < -0.4 is 21.3 Å². The largest absolute Gasteiger partial charge is 0.418 e. The smallest absolute Gasteiger partial charge is 0.393 e. The number of fused-ring (bicyclic) bond motifs is 3. The van der Waals surface area contributed by atoms with E-state index in [4.69, 9.17) is 0 Å². The number of carbonyl (C=O) groups is 4. The van der Waals surface area contributed by atoms with E-state index in [1.54, 1.807) is 13.0 Å². The summed E-state index contributed by atoms with van der Waals surface area (Å²) >= 11 is 0. The number of hydrogen-bond donors (Lipinski definition) is 6. The maximum atomic E-state index is 14.7. The Labute approximate surface area is 312 Å². The fourth-order valence-electron chi connectivity index (χ4n) is 7.61. The monoisotopic (exact) mass is 757 g/mol. The highest BCUT2D eigenvalue weighted by molar-refractivity contribution is 5.99. The predicted molar refractivity (Wildman–Crippen MR) is 195 cm³/mol. The van der Waals surface area contributed by atoms with Crippen LogP contribution in [0.25, 0.3) is 10.9 Å².